The summed E-state index contributed by atoms with van der Waals surface area (Å²) >= 11 is 0. The Bertz CT molecular complexity index is 862. The minimum atomic E-state index is -0.0267. The fraction of sp³-hybridized carbons (Fsp3) is 0.227. The first-order valence-corrected chi connectivity index (χ1v) is 8.89. The normalized spacial score (nSPS) is 11.6. The van der Waals surface area contributed by atoms with E-state index in [0.29, 0.717) is 13.0 Å². The molecule has 0 saturated carbocycles. The van der Waals surface area contributed by atoms with Crippen LogP contribution in [0.5, 0.6) is 5.75 Å². The molecule has 3 rings (SSSR count). The molecule has 5 heteroatoms. The van der Waals surface area contributed by atoms with Gasteiger partial charge in [0.15, 0.2) is 0 Å². The third-order valence-electron chi connectivity index (χ3n) is 4.41. The second kappa shape index (κ2) is 8.94. The quantitative estimate of drug-likeness (QED) is 0.698. The summed E-state index contributed by atoms with van der Waals surface area (Å²) in [5.74, 6) is 0.746. The van der Waals surface area contributed by atoms with Gasteiger partial charge in [0.05, 0.1) is 31.2 Å². The maximum absolute atomic E-state index is 12.6. The van der Waals surface area contributed by atoms with E-state index >= 15 is 0 Å². The van der Waals surface area contributed by atoms with Crippen LogP contribution in [0.3, 0.4) is 0 Å². The van der Waals surface area contributed by atoms with E-state index in [1.54, 1.807) is 19.5 Å². The van der Waals surface area contributed by atoms with Gasteiger partial charge in [0.1, 0.15) is 5.75 Å². The Balaban J connectivity index is 1.72. The lowest BCUT2D eigenvalue weighted by Crippen LogP contribution is -2.25. The molecule has 0 aliphatic carbocycles. The summed E-state index contributed by atoms with van der Waals surface area (Å²) in [6.07, 6.45) is 3.75. The van der Waals surface area contributed by atoms with Crippen molar-refractivity contribution in [2.45, 2.75) is 25.8 Å². The molecule has 3 aromatic rings. The second-order valence-electron chi connectivity index (χ2n) is 6.37. The van der Waals surface area contributed by atoms with Gasteiger partial charge in [0.2, 0.25) is 5.91 Å². The zero-order valence-electron chi connectivity index (χ0n) is 15.6. The van der Waals surface area contributed by atoms with Gasteiger partial charge in [-0.25, -0.2) is 0 Å². The Kier molecular flexibility index (Phi) is 6.15. The first kappa shape index (κ1) is 18.6. The van der Waals surface area contributed by atoms with Crippen molar-refractivity contribution in [3.05, 3.63) is 89.5 Å². The molecule has 1 N–H and O–H groups in total. The number of carbonyl (C=O) groups is 1. The maximum atomic E-state index is 12.6. The summed E-state index contributed by atoms with van der Waals surface area (Å²) in [6.45, 7) is 2.25. The van der Waals surface area contributed by atoms with Gasteiger partial charge in [-0.3, -0.25) is 14.8 Å². The van der Waals surface area contributed by atoms with Crippen LogP contribution in [0.25, 0.3) is 0 Å². The zero-order chi connectivity index (χ0) is 19.1. The number of nitrogens with zero attached hydrogens (tertiary/aromatic N) is 2. The van der Waals surface area contributed by atoms with Gasteiger partial charge in [-0.2, -0.15) is 0 Å². The predicted octanol–water partition coefficient (Wildman–Crippen LogP) is 3.63. The van der Waals surface area contributed by atoms with Crippen molar-refractivity contribution in [3.8, 4) is 5.75 Å². The number of ether oxygens (including phenoxy) is 1. The smallest absolute Gasteiger partial charge is 0.221 e. The topological polar surface area (TPSA) is 64.1 Å². The lowest BCUT2D eigenvalue weighted by molar-refractivity contribution is -0.121. The van der Waals surface area contributed by atoms with Crippen LogP contribution in [0.1, 0.15) is 34.9 Å². The van der Waals surface area contributed by atoms with Crippen molar-refractivity contribution in [2.75, 3.05) is 7.11 Å². The van der Waals surface area contributed by atoms with E-state index in [2.05, 4.69) is 15.3 Å². The lowest BCUT2D eigenvalue weighted by atomic mass is 9.88. The van der Waals surface area contributed by atoms with E-state index in [4.69, 9.17) is 4.74 Å². The standard InChI is InChI=1S/C22H23N3O2/c1-16-13-24-19(14-23-16)15-25-22(26)12-21(17-6-4-3-5-7-17)18-8-10-20(27-2)11-9-18/h3-11,13-14,21H,12,15H2,1-2H3,(H,25,26)/t21-/m0/s1. The molecule has 0 bridgehead atoms. The molecule has 1 atom stereocenters. The molecule has 1 amide bonds. The Hall–Kier alpha value is -3.21. The third kappa shape index (κ3) is 5.14. The summed E-state index contributed by atoms with van der Waals surface area (Å²) in [5.41, 5.74) is 3.78. The van der Waals surface area contributed by atoms with E-state index in [1.807, 2.05) is 61.5 Å². The van der Waals surface area contributed by atoms with Crippen LogP contribution < -0.4 is 10.1 Å². The largest absolute Gasteiger partial charge is 0.497 e. The van der Waals surface area contributed by atoms with Gasteiger partial charge in [-0.15, -0.1) is 0 Å². The number of aryl methyl sites for hydroxylation is 1. The Morgan fingerprint density at radius 2 is 1.70 bits per heavy atom. The van der Waals surface area contributed by atoms with E-state index < -0.39 is 0 Å². The minimum absolute atomic E-state index is 0.0259. The van der Waals surface area contributed by atoms with E-state index in [1.165, 1.54) is 0 Å². The highest BCUT2D eigenvalue weighted by atomic mass is 16.5. The highest BCUT2D eigenvalue weighted by Crippen LogP contribution is 2.29. The molecule has 0 radical (unpaired) electrons. The van der Waals surface area contributed by atoms with Crippen LogP contribution in [0.4, 0.5) is 0 Å². The van der Waals surface area contributed by atoms with Crippen molar-refractivity contribution >= 4 is 5.91 Å². The summed E-state index contributed by atoms with van der Waals surface area (Å²) < 4.78 is 5.24. The lowest BCUT2D eigenvalue weighted by Gasteiger charge is -2.18. The Labute approximate surface area is 159 Å². The Morgan fingerprint density at radius 3 is 2.33 bits per heavy atom. The van der Waals surface area contributed by atoms with Gasteiger partial charge in [0, 0.05) is 18.5 Å². The molecular formula is C22H23N3O2. The van der Waals surface area contributed by atoms with Crippen LogP contribution in [-0.2, 0) is 11.3 Å². The molecule has 27 heavy (non-hydrogen) atoms. The molecule has 138 valence electrons. The van der Waals surface area contributed by atoms with Crippen molar-refractivity contribution in [2.24, 2.45) is 0 Å². The molecule has 0 saturated heterocycles. The molecule has 1 aromatic heterocycles. The molecule has 0 fully saturated rings. The van der Waals surface area contributed by atoms with Crippen molar-refractivity contribution < 1.29 is 9.53 Å². The maximum Gasteiger partial charge on any atom is 0.221 e. The van der Waals surface area contributed by atoms with Crippen molar-refractivity contribution in [1.29, 1.82) is 0 Å². The molecule has 0 unspecified atom stereocenters. The number of hydrogen-bond donors (Lipinski definition) is 1. The highest BCUT2D eigenvalue weighted by Gasteiger charge is 2.18. The number of benzene rings is 2. The summed E-state index contributed by atoms with van der Waals surface area (Å²) in [6, 6.07) is 17.9. The molecule has 0 spiro atoms. The Morgan fingerprint density at radius 1 is 1.00 bits per heavy atom. The summed E-state index contributed by atoms with van der Waals surface area (Å²) in [4.78, 5) is 21.1. The number of nitrogens with one attached hydrogen (secondary N) is 1. The van der Waals surface area contributed by atoms with Gasteiger partial charge in [0.25, 0.3) is 0 Å². The van der Waals surface area contributed by atoms with Crippen LogP contribution >= 0.6 is 0 Å². The predicted molar refractivity (Wildman–Crippen MR) is 105 cm³/mol. The van der Waals surface area contributed by atoms with Gasteiger partial charge < -0.3 is 10.1 Å². The average Bonchev–Trinajstić information content (AvgIpc) is 2.72. The first-order chi connectivity index (χ1) is 13.2. The van der Waals surface area contributed by atoms with Crippen LogP contribution in [-0.4, -0.2) is 23.0 Å². The van der Waals surface area contributed by atoms with Crippen LogP contribution in [0, 0.1) is 6.92 Å². The zero-order valence-corrected chi connectivity index (χ0v) is 15.6. The van der Waals surface area contributed by atoms with Gasteiger partial charge >= 0.3 is 0 Å². The molecule has 0 aliphatic heterocycles. The number of aromatic nitrogens is 2. The number of amides is 1. The number of carbonyl (C=O) groups excluding carboxylic acids is 1. The van der Waals surface area contributed by atoms with E-state index in [9.17, 15) is 4.79 Å². The fourth-order valence-corrected chi connectivity index (χ4v) is 2.91. The first-order valence-electron chi connectivity index (χ1n) is 8.89. The van der Waals surface area contributed by atoms with Gasteiger partial charge in [-0.05, 0) is 30.2 Å². The van der Waals surface area contributed by atoms with E-state index in [-0.39, 0.29) is 11.8 Å². The molecule has 5 nitrogen and oxygen atoms in total. The van der Waals surface area contributed by atoms with Crippen molar-refractivity contribution in [1.82, 2.24) is 15.3 Å². The molecule has 0 aliphatic rings. The number of methoxy groups -OCH3 is 1. The monoisotopic (exact) mass is 361 g/mol. The fourth-order valence-electron chi connectivity index (χ4n) is 2.91. The van der Waals surface area contributed by atoms with Crippen molar-refractivity contribution in [3.63, 3.8) is 0 Å². The number of rotatable bonds is 7. The molecule has 2 aromatic carbocycles. The molecular weight excluding hydrogens is 338 g/mol. The third-order valence-corrected chi connectivity index (χ3v) is 4.41. The molecule has 1 heterocycles. The second-order valence-corrected chi connectivity index (χ2v) is 6.37. The van der Waals surface area contributed by atoms with E-state index in [0.717, 1.165) is 28.3 Å². The van der Waals surface area contributed by atoms with Gasteiger partial charge in [-0.1, -0.05) is 42.5 Å². The summed E-state index contributed by atoms with van der Waals surface area (Å²) in [7, 11) is 1.64. The van der Waals surface area contributed by atoms with Crippen LogP contribution in [0.2, 0.25) is 0 Å². The minimum Gasteiger partial charge on any atom is -0.497 e. The highest BCUT2D eigenvalue weighted by molar-refractivity contribution is 5.77. The average molecular weight is 361 g/mol. The number of hydrogen-bond acceptors (Lipinski definition) is 4. The summed E-state index contributed by atoms with van der Waals surface area (Å²) in [5, 5.41) is 2.94. The SMILES string of the molecule is COc1ccc([C@@H](CC(=O)NCc2cnc(C)cn2)c2ccccc2)cc1. The van der Waals surface area contributed by atoms with Crippen LogP contribution in [0.15, 0.2) is 67.0 Å².